The lowest BCUT2D eigenvalue weighted by Crippen LogP contribution is -2.20. The molecule has 2 N–H and O–H groups in total. The van der Waals surface area contributed by atoms with Crippen LogP contribution in [0.1, 0.15) is 0 Å². The van der Waals surface area contributed by atoms with Crippen molar-refractivity contribution in [2.45, 2.75) is 0 Å². The molecule has 0 atom stereocenters. The van der Waals surface area contributed by atoms with E-state index in [9.17, 15) is 4.79 Å². The number of nitrogens with one attached hydrogen (secondary N) is 2. The van der Waals surface area contributed by atoms with Crippen molar-refractivity contribution in [3.05, 3.63) is 78.4 Å². The van der Waals surface area contributed by atoms with Crippen molar-refractivity contribution in [2.24, 2.45) is 0 Å². The van der Waals surface area contributed by atoms with Crippen molar-refractivity contribution in [1.82, 2.24) is 9.97 Å². The summed E-state index contributed by atoms with van der Waals surface area (Å²) in [5.41, 5.74) is 3.47. The maximum absolute atomic E-state index is 12.2. The number of amides is 1. The summed E-state index contributed by atoms with van der Waals surface area (Å²) in [6, 6.07) is 18.4. The smallest absolute Gasteiger partial charge is 0.262 e. The summed E-state index contributed by atoms with van der Waals surface area (Å²) in [4.78, 5) is 20.8. The summed E-state index contributed by atoms with van der Waals surface area (Å²) in [5.74, 6) is 0.850. The molecule has 156 valence electrons. The molecule has 0 aliphatic rings. The van der Waals surface area contributed by atoms with Crippen LogP contribution in [-0.4, -0.2) is 29.6 Å². The molecule has 4 aromatic rings. The van der Waals surface area contributed by atoms with E-state index in [1.807, 2.05) is 53.9 Å². The van der Waals surface area contributed by atoms with Gasteiger partial charge in [0.15, 0.2) is 23.2 Å². The first-order chi connectivity index (χ1) is 15.2. The number of benzene rings is 2. The number of methoxy groups -OCH3 is 1. The highest BCUT2D eigenvalue weighted by atomic mass is 32.1. The van der Waals surface area contributed by atoms with Gasteiger partial charge in [0.1, 0.15) is 0 Å². The molecular weight excluding hydrogens is 412 g/mol. The van der Waals surface area contributed by atoms with Crippen LogP contribution in [0.3, 0.4) is 0 Å². The summed E-state index contributed by atoms with van der Waals surface area (Å²) < 4.78 is 10.8. The molecule has 2 heterocycles. The number of pyridine rings is 1. The van der Waals surface area contributed by atoms with Gasteiger partial charge >= 0.3 is 0 Å². The highest BCUT2D eigenvalue weighted by Crippen LogP contribution is 2.28. The van der Waals surface area contributed by atoms with Crippen LogP contribution in [0.15, 0.2) is 78.4 Å². The second-order valence-electron chi connectivity index (χ2n) is 6.46. The van der Waals surface area contributed by atoms with Crippen molar-refractivity contribution in [3.8, 4) is 22.8 Å². The fourth-order valence-corrected chi connectivity index (χ4v) is 3.57. The van der Waals surface area contributed by atoms with Gasteiger partial charge in [-0.3, -0.25) is 9.78 Å². The lowest BCUT2D eigenvalue weighted by Gasteiger charge is -2.11. The number of nitrogens with zero attached hydrogens (tertiary/aromatic N) is 2. The van der Waals surface area contributed by atoms with Crippen LogP contribution in [0, 0.1) is 0 Å². The predicted octanol–water partition coefficient (Wildman–Crippen LogP) is 4.97. The van der Waals surface area contributed by atoms with Crippen LogP contribution in [0.2, 0.25) is 0 Å². The summed E-state index contributed by atoms with van der Waals surface area (Å²) in [6.07, 6.45) is 3.49. The predicted molar refractivity (Wildman–Crippen MR) is 122 cm³/mol. The number of carbonyl (C=O) groups is 1. The Labute approximate surface area is 183 Å². The normalized spacial score (nSPS) is 10.4. The van der Waals surface area contributed by atoms with Gasteiger partial charge in [-0.05, 0) is 48.5 Å². The molecule has 1 amide bonds. The molecule has 2 aromatic carbocycles. The van der Waals surface area contributed by atoms with Crippen LogP contribution in [-0.2, 0) is 4.79 Å². The average molecular weight is 433 g/mol. The Hall–Kier alpha value is -3.91. The molecule has 0 bridgehead atoms. The van der Waals surface area contributed by atoms with E-state index in [1.54, 1.807) is 31.6 Å². The topological polar surface area (TPSA) is 85.4 Å². The quantitative estimate of drug-likeness (QED) is 0.409. The number of hydrogen-bond acceptors (Lipinski definition) is 7. The molecule has 4 rings (SSSR count). The number of ether oxygens (including phenoxy) is 2. The maximum atomic E-state index is 12.2. The zero-order valence-electron chi connectivity index (χ0n) is 16.7. The van der Waals surface area contributed by atoms with E-state index in [-0.39, 0.29) is 12.5 Å². The Morgan fingerprint density at radius 1 is 0.968 bits per heavy atom. The molecule has 31 heavy (non-hydrogen) atoms. The number of para-hydroxylation sites is 2. The van der Waals surface area contributed by atoms with E-state index in [4.69, 9.17) is 9.47 Å². The van der Waals surface area contributed by atoms with E-state index in [2.05, 4.69) is 20.6 Å². The van der Waals surface area contributed by atoms with Crippen molar-refractivity contribution >= 4 is 33.8 Å². The fourth-order valence-electron chi connectivity index (χ4n) is 2.83. The molecule has 0 radical (unpaired) electrons. The van der Waals surface area contributed by atoms with Gasteiger partial charge in [-0.2, -0.15) is 0 Å². The van der Waals surface area contributed by atoms with Gasteiger partial charge in [-0.15, -0.1) is 11.3 Å². The second-order valence-corrected chi connectivity index (χ2v) is 7.32. The summed E-state index contributed by atoms with van der Waals surface area (Å²) in [7, 11) is 1.56. The number of thiazole rings is 1. The summed E-state index contributed by atoms with van der Waals surface area (Å²) in [5, 5.41) is 8.87. The van der Waals surface area contributed by atoms with Gasteiger partial charge in [-0.25, -0.2) is 4.98 Å². The van der Waals surface area contributed by atoms with Crippen molar-refractivity contribution < 1.29 is 14.3 Å². The van der Waals surface area contributed by atoms with Gasteiger partial charge in [-0.1, -0.05) is 12.1 Å². The van der Waals surface area contributed by atoms with Gasteiger partial charge in [0, 0.05) is 34.7 Å². The molecule has 0 aliphatic heterocycles. The first-order valence-corrected chi connectivity index (χ1v) is 10.4. The lowest BCUT2D eigenvalue weighted by atomic mass is 10.2. The van der Waals surface area contributed by atoms with Crippen LogP contribution < -0.4 is 20.1 Å². The first-order valence-electron chi connectivity index (χ1n) is 9.50. The van der Waals surface area contributed by atoms with Crippen LogP contribution in [0.5, 0.6) is 11.5 Å². The lowest BCUT2D eigenvalue weighted by molar-refractivity contribution is -0.118. The zero-order chi connectivity index (χ0) is 21.5. The molecular formula is C23H20N4O3S. The Kier molecular flexibility index (Phi) is 6.39. The standard InChI is InChI=1S/C23H20N4O3S/c1-29-20-4-2-3-5-21(20)30-14-22(28)25-17-6-8-18(9-7-17)26-23-27-19(15-31-23)16-10-12-24-13-11-16/h2-13,15H,14H2,1H3,(H,25,28)(H,26,27). The largest absolute Gasteiger partial charge is 0.493 e. The summed E-state index contributed by atoms with van der Waals surface area (Å²) >= 11 is 1.52. The minimum absolute atomic E-state index is 0.114. The highest BCUT2D eigenvalue weighted by molar-refractivity contribution is 7.14. The minimum Gasteiger partial charge on any atom is -0.493 e. The van der Waals surface area contributed by atoms with E-state index < -0.39 is 0 Å². The number of rotatable bonds is 8. The third-order valence-corrected chi connectivity index (χ3v) is 5.09. The third-order valence-electron chi connectivity index (χ3n) is 4.33. The Bertz CT molecular complexity index is 1150. The number of aromatic nitrogens is 2. The molecule has 0 spiro atoms. The van der Waals surface area contributed by atoms with E-state index in [0.717, 1.165) is 22.1 Å². The number of carbonyl (C=O) groups excluding carboxylic acids is 1. The van der Waals surface area contributed by atoms with E-state index >= 15 is 0 Å². The van der Waals surface area contributed by atoms with Gasteiger partial charge in [0.05, 0.1) is 12.8 Å². The van der Waals surface area contributed by atoms with Crippen molar-refractivity contribution in [2.75, 3.05) is 24.4 Å². The molecule has 0 aliphatic carbocycles. The highest BCUT2D eigenvalue weighted by Gasteiger charge is 2.08. The molecule has 8 heteroatoms. The summed E-state index contributed by atoms with van der Waals surface area (Å²) in [6.45, 7) is -0.114. The van der Waals surface area contributed by atoms with Crippen LogP contribution in [0.4, 0.5) is 16.5 Å². The second kappa shape index (κ2) is 9.73. The molecule has 0 saturated heterocycles. The van der Waals surface area contributed by atoms with Crippen molar-refractivity contribution in [3.63, 3.8) is 0 Å². The molecule has 0 fully saturated rings. The van der Waals surface area contributed by atoms with E-state index in [0.29, 0.717) is 17.2 Å². The Morgan fingerprint density at radius 3 is 2.42 bits per heavy atom. The molecule has 0 saturated carbocycles. The molecule has 7 nitrogen and oxygen atoms in total. The van der Waals surface area contributed by atoms with Crippen molar-refractivity contribution in [1.29, 1.82) is 0 Å². The Morgan fingerprint density at radius 2 is 1.68 bits per heavy atom. The van der Waals surface area contributed by atoms with Gasteiger partial charge < -0.3 is 20.1 Å². The molecule has 2 aromatic heterocycles. The average Bonchev–Trinajstić information content (AvgIpc) is 3.28. The first kappa shape index (κ1) is 20.4. The van der Waals surface area contributed by atoms with Gasteiger partial charge in [0.2, 0.25) is 0 Å². The molecule has 0 unspecified atom stereocenters. The maximum Gasteiger partial charge on any atom is 0.262 e. The third kappa shape index (κ3) is 5.37. The number of anilines is 3. The van der Waals surface area contributed by atoms with Gasteiger partial charge in [0.25, 0.3) is 5.91 Å². The monoisotopic (exact) mass is 432 g/mol. The van der Waals surface area contributed by atoms with E-state index in [1.165, 1.54) is 11.3 Å². The van der Waals surface area contributed by atoms with Crippen LogP contribution in [0.25, 0.3) is 11.3 Å². The zero-order valence-corrected chi connectivity index (χ0v) is 17.6. The Balaban J connectivity index is 1.31. The van der Waals surface area contributed by atoms with Crippen LogP contribution >= 0.6 is 11.3 Å². The fraction of sp³-hybridized carbons (Fsp3) is 0.0870. The minimum atomic E-state index is -0.256. The SMILES string of the molecule is COc1ccccc1OCC(=O)Nc1ccc(Nc2nc(-c3ccncc3)cs2)cc1. The number of hydrogen-bond donors (Lipinski definition) is 2.